The van der Waals surface area contributed by atoms with Gasteiger partial charge < -0.3 is 4.74 Å². The van der Waals surface area contributed by atoms with E-state index in [2.05, 4.69) is 12.3 Å². The highest BCUT2D eigenvalue weighted by Gasteiger charge is 2.41. The van der Waals surface area contributed by atoms with Gasteiger partial charge in [0, 0.05) is 6.61 Å². The minimum Gasteiger partial charge on any atom is -0.377 e. The molecule has 2 rings (SSSR count). The lowest BCUT2D eigenvalue weighted by molar-refractivity contribution is -0.00939. The van der Waals surface area contributed by atoms with Crippen LogP contribution < -0.4 is 11.3 Å². The van der Waals surface area contributed by atoms with Crippen LogP contribution in [-0.4, -0.2) is 18.8 Å². The summed E-state index contributed by atoms with van der Waals surface area (Å²) < 4.78 is 5.83. The van der Waals surface area contributed by atoms with E-state index in [4.69, 9.17) is 10.6 Å². The van der Waals surface area contributed by atoms with Gasteiger partial charge in [0.1, 0.15) is 0 Å². The van der Waals surface area contributed by atoms with Crippen LogP contribution in [-0.2, 0) is 4.74 Å². The predicted octanol–water partition coefficient (Wildman–Crippen LogP) is 1.43. The van der Waals surface area contributed by atoms with Crippen LogP contribution in [0.3, 0.4) is 0 Å². The molecule has 14 heavy (non-hydrogen) atoms. The summed E-state index contributed by atoms with van der Waals surface area (Å²) in [5.74, 6) is 7.19. The third-order valence-electron chi connectivity index (χ3n) is 3.65. The summed E-state index contributed by atoms with van der Waals surface area (Å²) in [5.41, 5.74) is 2.99. The maximum Gasteiger partial charge on any atom is 0.0772 e. The Morgan fingerprint density at radius 3 is 2.36 bits per heavy atom. The van der Waals surface area contributed by atoms with E-state index in [1.54, 1.807) is 0 Å². The van der Waals surface area contributed by atoms with Crippen molar-refractivity contribution in [2.45, 2.75) is 51.2 Å². The zero-order chi connectivity index (χ0) is 9.97. The Hall–Kier alpha value is -0.120. The van der Waals surface area contributed by atoms with E-state index in [0.717, 1.165) is 18.4 Å². The largest absolute Gasteiger partial charge is 0.377 e. The molecule has 2 atom stereocenters. The molecule has 2 unspecified atom stereocenters. The van der Waals surface area contributed by atoms with E-state index >= 15 is 0 Å². The van der Waals surface area contributed by atoms with Crippen LogP contribution >= 0.6 is 0 Å². The molecule has 0 aromatic carbocycles. The topological polar surface area (TPSA) is 47.3 Å². The van der Waals surface area contributed by atoms with Crippen molar-refractivity contribution < 1.29 is 4.74 Å². The fourth-order valence-electron chi connectivity index (χ4n) is 2.45. The molecule has 0 radical (unpaired) electrons. The molecule has 0 heterocycles. The Morgan fingerprint density at radius 1 is 1.29 bits per heavy atom. The Kier molecular flexibility index (Phi) is 3.42. The van der Waals surface area contributed by atoms with Gasteiger partial charge in [-0.2, -0.15) is 0 Å². The molecule has 82 valence electrons. The van der Waals surface area contributed by atoms with Crippen LogP contribution in [0.1, 0.15) is 39.0 Å². The molecule has 0 aromatic heterocycles. The van der Waals surface area contributed by atoms with Crippen molar-refractivity contribution in [3.05, 3.63) is 0 Å². The summed E-state index contributed by atoms with van der Waals surface area (Å²) in [4.78, 5) is 0. The van der Waals surface area contributed by atoms with Crippen molar-refractivity contribution >= 4 is 0 Å². The number of rotatable bonds is 6. The summed E-state index contributed by atoms with van der Waals surface area (Å²) in [6.45, 7) is 2.88. The number of nitrogens with one attached hydrogen (secondary N) is 1. The van der Waals surface area contributed by atoms with Crippen molar-refractivity contribution in [1.82, 2.24) is 5.43 Å². The molecule has 0 saturated heterocycles. The van der Waals surface area contributed by atoms with Crippen molar-refractivity contribution in [3.8, 4) is 0 Å². The molecule has 0 spiro atoms. The van der Waals surface area contributed by atoms with Crippen LogP contribution in [0.2, 0.25) is 0 Å². The lowest BCUT2D eigenvalue weighted by Gasteiger charge is -2.38. The van der Waals surface area contributed by atoms with Gasteiger partial charge in [-0.05, 0) is 44.4 Å². The lowest BCUT2D eigenvalue weighted by Crippen LogP contribution is -2.52. The zero-order valence-electron chi connectivity index (χ0n) is 9.04. The molecule has 0 aliphatic heterocycles. The summed E-state index contributed by atoms with van der Waals surface area (Å²) in [6, 6.07) is 0.399. The second-order valence-electron chi connectivity index (χ2n) is 4.64. The van der Waals surface area contributed by atoms with Crippen LogP contribution in [0, 0.1) is 11.8 Å². The molecule has 2 fully saturated rings. The van der Waals surface area contributed by atoms with Gasteiger partial charge in [0.2, 0.25) is 0 Å². The minimum atomic E-state index is 0.371. The second-order valence-corrected chi connectivity index (χ2v) is 4.64. The van der Waals surface area contributed by atoms with Crippen LogP contribution in [0.5, 0.6) is 0 Å². The monoisotopic (exact) mass is 198 g/mol. The van der Waals surface area contributed by atoms with Gasteiger partial charge in [0.25, 0.3) is 0 Å². The number of hydrazine groups is 1. The molecule has 2 aliphatic rings. The predicted molar refractivity (Wildman–Crippen MR) is 56.6 cm³/mol. The summed E-state index contributed by atoms with van der Waals surface area (Å²) in [5, 5.41) is 0. The molecule has 3 nitrogen and oxygen atoms in total. The Bertz CT molecular complexity index is 178. The molecular weight excluding hydrogens is 176 g/mol. The summed E-state index contributed by atoms with van der Waals surface area (Å²) in [6.07, 6.45) is 7.05. The first kappa shape index (κ1) is 10.4. The average molecular weight is 198 g/mol. The van der Waals surface area contributed by atoms with Gasteiger partial charge in [-0.1, -0.05) is 6.42 Å². The van der Waals surface area contributed by atoms with Crippen LogP contribution in [0.15, 0.2) is 0 Å². The number of nitrogens with two attached hydrogens (primary N) is 1. The Labute approximate surface area is 86.4 Å². The number of ether oxygens (including phenoxy) is 1. The standard InChI is InChI=1S/C11H22N2O/c1-2-14-11(9-6-7-9)10(13-12)8-4-3-5-8/h8-11,13H,2-7,12H2,1H3. The van der Waals surface area contributed by atoms with E-state index in [1.807, 2.05) is 0 Å². The first-order valence-electron chi connectivity index (χ1n) is 5.94. The minimum absolute atomic E-state index is 0.371. The Balaban J connectivity index is 1.90. The Morgan fingerprint density at radius 2 is 2.00 bits per heavy atom. The molecule has 0 amide bonds. The average Bonchev–Trinajstić information content (AvgIpc) is 2.90. The SMILES string of the molecule is CCOC(C1CC1)C(NN)C1CCC1. The van der Waals surface area contributed by atoms with Gasteiger partial charge in [0.15, 0.2) is 0 Å². The van der Waals surface area contributed by atoms with E-state index in [9.17, 15) is 0 Å². The molecule has 0 bridgehead atoms. The summed E-state index contributed by atoms with van der Waals surface area (Å²) >= 11 is 0. The molecule has 3 N–H and O–H groups in total. The number of hydrogen-bond donors (Lipinski definition) is 2. The van der Waals surface area contributed by atoms with Crippen LogP contribution in [0.25, 0.3) is 0 Å². The van der Waals surface area contributed by atoms with Crippen LogP contribution in [0.4, 0.5) is 0 Å². The second kappa shape index (κ2) is 4.60. The summed E-state index contributed by atoms with van der Waals surface area (Å²) in [7, 11) is 0. The highest BCUT2D eigenvalue weighted by molar-refractivity contribution is 4.94. The quantitative estimate of drug-likeness (QED) is 0.501. The van der Waals surface area contributed by atoms with Gasteiger partial charge in [-0.3, -0.25) is 11.3 Å². The molecule has 3 heteroatoms. The van der Waals surface area contributed by atoms with Gasteiger partial charge in [0.05, 0.1) is 12.1 Å². The third kappa shape index (κ3) is 2.10. The van der Waals surface area contributed by atoms with E-state index in [0.29, 0.717) is 12.1 Å². The normalized spacial score (nSPS) is 27.0. The van der Waals surface area contributed by atoms with Gasteiger partial charge >= 0.3 is 0 Å². The van der Waals surface area contributed by atoms with Crippen molar-refractivity contribution in [2.24, 2.45) is 17.7 Å². The van der Waals surface area contributed by atoms with Gasteiger partial charge in [-0.25, -0.2) is 0 Å². The van der Waals surface area contributed by atoms with Gasteiger partial charge in [-0.15, -0.1) is 0 Å². The van der Waals surface area contributed by atoms with E-state index in [1.165, 1.54) is 32.1 Å². The zero-order valence-corrected chi connectivity index (χ0v) is 9.04. The highest BCUT2D eigenvalue weighted by Crippen LogP contribution is 2.40. The molecule has 0 aromatic rings. The van der Waals surface area contributed by atoms with Crippen molar-refractivity contribution in [3.63, 3.8) is 0 Å². The maximum atomic E-state index is 5.83. The van der Waals surface area contributed by atoms with Crippen molar-refractivity contribution in [1.29, 1.82) is 0 Å². The first-order chi connectivity index (χ1) is 6.86. The molecule has 2 aliphatic carbocycles. The fourth-order valence-corrected chi connectivity index (χ4v) is 2.45. The number of hydrogen-bond acceptors (Lipinski definition) is 3. The molecular formula is C11H22N2O. The fraction of sp³-hybridized carbons (Fsp3) is 1.00. The molecule has 2 saturated carbocycles. The van der Waals surface area contributed by atoms with Crippen molar-refractivity contribution in [2.75, 3.05) is 6.61 Å². The van der Waals surface area contributed by atoms with E-state index in [-0.39, 0.29) is 0 Å². The smallest absolute Gasteiger partial charge is 0.0772 e. The highest BCUT2D eigenvalue weighted by atomic mass is 16.5. The lowest BCUT2D eigenvalue weighted by atomic mass is 9.77. The third-order valence-corrected chi connectivity index (χ3v) is 3.65. The van der Waals surface area contributed by atoms with E-state index < -0.39 is 0 Å². The maximum absolute atomic E-state index is 5.83. The first-order valence-corrected chi connectivity index (χ1v) is 5.94.